The zero-order chi connectivity index (χ0) is 16.8. The van der Waals surface area contributed by atoms with E-state index >= 15 is 0 Å². The molecule has 0 fully saturated rings. The molecule has 0 bridgehead atoms. The molecule has 2 aliphatic rings. The Kier molecular flexibility index (Phi) is 3.80. The molecule has 0 N–H and O–H groups in total. The Morgan fingerprint density at radius 2 is 1.96 bits per heavy atom. The Morgan fingerprint density at radius 1 is 1.22 bits per heavy atom. The van der Waals surface area contributed by atoms with Crippen LogP contribution in [-0.2, 0) is 22.3 Å². The molecule has 1 amide bonds. The molecule has 1 heterocycles. The van der Waals surface area contributed by atoms with E-state index in [0.717, 1.165) is 12.1 Å². The molecule has 3 nitrogen and oxygen atoms in total. The highest BCUT2D eigenvalue weighted by atomic mass is 35.5. The lowest BCUT2D eigenvalue weighted by Crippen LogP contribution is -2.28. The summed E-state index contributed by atoms with van der Waals surface area (Å²) in [5, 5.41) is -0.398. The molecule has 0 radical (unpaired) electrons. The molecule has 1 aliphatic carbocycles. The number of halogens is 4. The number of hydrogen-bond donors (Lipinski definition) is 0. The Morgan fingerprint density at radius 3 is 2.65 bits per heavy atom. The number of Topliss-reactive ketones (excluding diaryl/α,β-unsaturated/α-hetero) is 1. The third kappa shape index (κ3) is 2.79. The maximum absolute atomic E-state index is 12.9. The van der Waals surface area contributed by atoms with E-state index < -0.39 is 28.5 Å². The molecular formula is C16H11ClF3NO2. The molecule has 1 aromatic rings. The predicted octanol–water partition coefficient (Wildman–Crippen LogP) is 3.87. The standard InChI is InChI=1S/C16H11ClF3NO2/c17-12-6-5-9(7-11(12)16(18,19)20)8-21-13-4-2-1-3-10(13)14(22)15(21)23/h1,3,5-7H,2,4,8H2. The van der Waals surface area contributed by atoms with E-state index in [-0.39, 0.29) is 12.1 Å². The number of alkyl halides is 3. The lowest BCUT2D eigenvalue weighted by atomic mass is 10.0. The van der Waals surface area contributed by atoms with Crippen LogP contribution in [0.4, 0.5) is 13.2 Å². The van der Waals surface area contributed by atoms with Crippen LogP contribution in [0.25, 0.3) is 0 Å². The van der Waals surface area contributed by atoms with Crippen molar-refractivity contribution in [2.45, 2.75) is 25.6 Å². The van der Waals surface area contributed by atoms with Crippen molar-refractivity contribution in [1.82, 2.24) is 4.90 Å². The highest BCUT2D eigenvalue weighted by Crippen LogP contribution is 2.36. The summed E-state index contributed by atoms with van der Waals surface area (Å²) >= 11 is 5.59. The molecule has 120 valence electrons. The quantitative estimate of drug-likeness (QED) is 0.766. The lowest BCUT2D eigenvalue weighted by Gasteiger charge is -2.21. The second kappa shape index (κ2) is 5.53. The van der Waals surface area contributed by atoms with Gasteiger partial charge in [0.25, 0.3) is 11.7 Å². The van der Waals surface area contributed by atoms with E-state index in [2.05, 4.69) is 0 Å². The third-order valence-corrected chi connectivity index (χ3v) is 4.16. The van der Waals surface area contributed by atoms with Gasteiger partial charge in [-0.3, -0.25) is 9.59 Å². The molecule has 7 heteroatoms. The van der Waals surface area contributed by atoms with E-state index in [9.17, 15) is 22.8 Å². The summed E-state index contributed by atoms with van der Waals surface area (Å²) in [6.45, 7) is -0.0858. The number of ketones is 1. The maximum atomic E-state index is 12.9. The minimum atomic E-state index is -4.57. The number of carbonyl (C=O) groups excluding carboxylic acids is 2. The van der Waals surface area contributed by atoms with Gasteiger partial charge in [0.05, 0.1) is 17.1 Å². The Labute approximate surface area is 135 Å². The van der Waals surface area contributed by atoms with E-state index in [1.807, 2.05) is 0 Å². The molecule has 0 saturated carbocycles. The van der Waals surface area contributed by atoms with Crippen molar-refractivity contribution in [3.05, 3.63) is 57.8 Å². The van der Waals surface area contributed by atoms with Gasteiger partial charge in [-0.2, -0.15) is 13.2 Å². The molecule has 0 spiro atoms. The van der Waals surface area contributed by atoms with Crippen LogP contribution in [0.3, 0.4) is 0 Å². The summed E-state index contributed by atoms with van der Waals surface area (Å²) in [6, 6.07) is 3.49. The first-order valence-corrected chi connectivity index (χ1v) is 7.28. The van der Waals surface area contributed by atoms with Crippen molar-refractivity contribution in [2.75, 3.05) is 0 Å². The van der Waals surface area contributed by atoms with E-state index in [0.29, 0.717) is 24.1 Å². The second-order valence-corrected chi connectivity index (χ2v) is 5.74. The number of rotatable bonds is 2. The maximum Gasteiger partial charge on any atom is 0.417 e. The summed E-state index contributed by atoms with van der Waals surface area (Å²) < 4.78 is 38.7. The third-order valence-electron chi connectivity index (χ3n) is 3.83. The monoisotopic (exact) mass is 341 g/mol. The predicted molar refractivity (Wildman–Crippen MR) is 77.4 cm³/mol. The minimum absolute atomic E-state index is 0.0858. The van der Waals surface area contributed by atoms with Gasteiger partial charge < -0.3 is 4.90 Å². The minimum Gasteiger partial charge on any atom is -0.304 e. The largest absolute Gasteiger partial charge is 0.417 e. The fourth-order valence-electron chi connectivity index (χ4n) is 2.74. The molecule has 0 unspecified atom stereocenters. The van der Waals surface area contributed by atoms with Crippen LogP contribution in [0, 0.1) is 0 Å². The van der Waals surface area contributed by atoms with Gasteiger partial charge in [0, 0.05) is 11.3 Å². The van der Waals surface area contributed by atoms with Crippen molar-refractivity contribution in [1.29, 1.82) is 0 Å². The number of nitrogens with zero attached hydrogens (tertiary/aromatic N) is 1. The van der Waals surface area contributed by atoms with Gasteiger partial charge in [0.1, 0.15) is 0 Å². The van der Waals surface area contributed by atoms with Gasteiger partial charge in [0.15, 0.2) is 0 Å². The average molecular weight is 342 g/mol. The summed E-state index contributed by atoms with van der Waals surface area (Å²) in [5.74, 6) is -1.31. The number of carbonyl (C=O) groups is 2. The van der Waals surface area contributed by atoms with E-state index in [1.54, 1.807) is 12.2 Å². The molecule has 3 rings (SSSR count). The zero-order valence-corrected chi connectivity index (χ0v) is 12.5. The zero-order valence-electron chi connectivity index (χ0n) is 11.8. The van der Waals surface area contributed by atoms with E-state index in [4.69, 9.17) is 11.6 Å². The fraction of sp³-hybridized carbons (Fsp3) is 0.250. The van der Waals surface area contributed by atoms with Crippen molar-refractivity contribution < 1.29 is 22.8 Å². The van der Waals surface area contributed by atoms with Crippen molar-refractivity contribution in [3.63, 3.8) is 0 Å². The number of hydrogen-bond acceptors (Lipinski definition) is 2. The summed E-state index contributed by atoms with van der Waals surface area (Å²) in [6.07, 6.45) is 0.0307. The Hall–Kier alpha value is -2.08. The van der Waals surface area contributed by atoms with Crippen molar-refractivity contribution in [2.24, 2.45) is 0 Å². The number of allylic oxidation sites excluding steroid dienone is 3. The topological polar surface area (TPSA) is 37.4 Å². The molecule has 0 aromatic heterocycles. The van der Waals surface area contributed by atoms with Crippen LogP contribution in [0.1, 0.15) is 24.0 Å². The highest BCUT2D eigenvalue weighted by Gasteiger charge is 2.38. The van der Waals surface area contributed by atoms with Gasteiger partial charge in [-0.15, -0.1) is 0 Å². The van der Waals surface area contributed by atoms with Crippen LogP contribution in [0.2, 0.25) is 5.02 Å². The smallest absolute Gasteiger partial charge is 0.304 e. The highest BCUT2D eigenvalue weighted by molar-refractivity contribution is 6.46. The fourth-order valence-corrected chi connectivity index (χ4v) is 2.96. The lowest BCUT2D eigenvalue weighted by molar-refractivity contribution is -0.139. The molecule has 1 aliphatic heterocycles. The second-order valence-electron chi connectivity index (χ2n) is 5.33. The molecule has 23 heavy (non-hydrogen) atoms. The molecule has 1 aromatic carbocycles. The van der Waals surface area contributed by atoms with Crippen LogP contribution in [0.15, 0.2) is 41.6 Å². The van der Waals surface area contributed by atoms with Crippen molar-refractivity contribution in [3.8, 4) is 0 Å². The first-order chi connectivity index (χ1) is 10.8. The Balaban J connectivity index is 1.94. The van der Waals surface area contributed by atoms with E-state index in [1.165, 1.54) is 11.0 Å². The van der Waals surface area contributed by atoms with Crippen LogP contribution >= 0.6 is 11.6 Å². The van der Waals surface area contributed by atoms with Gasteiger partial charge in [-0.25, -0.2) is 0 Å². The molecular weight excluding hydrogens is 331 g/mol. The van der Waals surface area contributed by atoms with Crippen LogP contribution < -0.4 is 0 Å². The average Bonchev–Trinajstić information content (AvgIpc) is 2.73. The SMILES string of the molecule is O=C1C(=O)N(Cc2ccc(Cl)c(C(F)(F)F)c2)C2=C1C=CCC2. The van der Waals surface area contributed by atoms with Gasteiger partial charge >= 0.3 is 6.18 Å². The number of amides is 1. The molecule has 0 atom stereocenters. The van der Waals surface area contributed by atoms with Crippen LogP contribution in [0.5, 0.6) is 0 Å². The molecule has 0 saturated heterocycles. The summed E-state index contributed by atoms with van der Waals surface area (Å²) in [4.78, 5) is 25.3. The summed E-state index contributed by atoms with van der Waals surface area (Å²) in [7, 11) is 0. The normalized spacial score (nSPS) is 18.0. The van der Waals surface area contributed by atoms with Gasteiger partial charge in [-0.1, -0.05) is 29.8 Å². The Bertz CT molecular complexity index is 765. The van der Waals surface area contributed by atoms with Gasteiger partial charge in [-0.05, 0) is 30.5 Å². The van der Waals surface area contributed by atoms with Crippen molar-refractivity contribution >= 4 is 23.3 Å². The van der Waals surface area contributed by atoms with Crippen LogP contribution in [-0.4, -0.2) is 16.6 Å². The first-order valence-electron chi connectivity index (χ1n) is 6.90. The van der Waals surface area contributed by atoms with Gasteiger partial charge in [0.2, 0.25) is 0 Å². The number of benzene rings is 1. The summed E-state index contributed by atoms with van der Waals surface area (Å²) in [5.41, 5.74) is 0.232. The first kappa shape index (κ1) is 15.8.